The van der Waals surface area contributed by atoms with Gasteiger partial charge in [0.05, 0.1) is 12.7 Å². The van der Waals surface area contributed by atoms with Crippen LogP contribution in [0.2, 0.25) is 0 Å². The van der Waals surface area contributed by atoms with Crippen LogP contribution < -0.4 is 0 Å². The van der Waals surface area contributed by atoms with E-state index < -0.39 is 6.10 Å². The van der Waals surface area contributed by atoms with Crippen LogP contribution in [-0.4, -0.2) is 16.8 Å². The molecule has 1 aromatic rings. The third-order valence-electron chi connectivity index (χ3n) is 2.18. The first-order chi connectivity index (χ1) is 6.75. The number of aliphatic hydroxyl groups excluding tert-OH is 2. The summed E-state index contributed by atoms with van der Waals surface area (Å²) in [6, 6.07) is 9.52. The second kappa shape index (κ2) is 5.58. The molecule has 2 N–H and O–H groups in total. The van der Waals surface area contributed by atoms with Gasteiger partial charge in [-0.2, -0.15) is 0 Å². The average Bonchev–Trinajstić information content (AvgIpc) is 2.26. The normalized spacial score (nSPS) is 15.6. The highest BCUT2D eigenvalue weighted by atomic mass is 16.3. The Labute approximate surface area is 84.5 Å². The van der Waals surface area contributed by atoms with Gasteiger partial charge in [0.2, 0.25) is 0 Å². The van der Waals surface area contributed by atoms with Gasteiger partial charge in [0.25, 0.3) is 0 Å². The van der Waals surface area contributed by atoms with Crippen molar-refractivity contribution in [1.82, 2.24) is 0 Å². The molecule has 76 valence electrons. The summed E-state index contributed by atoms with van der Waals surface area (Å²) >= 11 is 0. The topological polar surface area (TPSA) is 40.5 Å². The average molecular weight is 192 g/mol. The third-order valence-corrected chi connectivity index (χ3v) is 2.18. The molecular weight excluding hydrogens is 176 g/mol. The lowest BCUT2D eigenvalue weighted by Crippen LogP contribution is -2.06. The predicted octanol–water partition coefficient (Wildman–Crippen LogP) is 1.90. The smallest absolute Gasteiger partial charge is 0.0849 e. The van der Waals surface area contributed by atoms with Crippen LogP contribution in [0.1, 0.15) is 18.6 Å². The van der Waals surface area contributed by atoms with Crippen molar-refractivity contribution in [2.75, 3.05) is 6.61 Å². The lowest BCUT2D eigenvalue weighted by molar-refractivity contribution is 0.139. The molecule has 2 atom stereocenters. The van der Waals surface area contributed by atoms with Crippen LogP contribution in [0.25, 0.3) is 0 Å². The third kappa shape index (κ3) is 2.98. The Kier molecular flexibility index (Phi) is 4.36. The zero-order chi connectivity index (χ0) is 10.4. The molecule has 1 aromatic carbocycles. The first-order valence-corrected chi connectivity index (χ1v) is 4.76. The van der Waals surface area contributed by atoms with E-state index in [2.05, 4.69) is 0 Å². The van der Waals surface area contributed by atoms with E-state index in [4.69, 9.17) is 5.11 Å². The van der Waals surface area contributed by atoms with Gasteiger partial charge >= 0.3 is 0 Å². The number of aliphatic hydroxyl groups is 2. The van der Waals surface area contributed by atoms with E-state index >= 15 is 0 Å². The van der Waals surface area contributed by atoms with Gasteiger partial charge in [-0.1, -0.05) is 49.4 Å². The fraction of sp³-hybridized carbons (Fsp3) is 0.333. The molecule has 2 heteroatoms. The molecule has 0 radical (unpaired) electrons. The zero-order valence-electron chi connectivity index (χ0n) is 8.30. The Hall–Kier alpha value is -1.12. The summed E-state index contributed by atoms with van der Waals surface area (Å²) in [4.78, 5) is 0. The summed E-state index contributed by atoms with van der Waals surface area (Å²) in [5.41, 5.74) is 0.905. The minimum Gasteiger partial charge on any atom is -0.392 e. The van der Waals surface area contributed by atoms with Gasteiger partial charge in [0, 0.05) is 5.92 Å². The maximum absolute atomic E-state index is 9.88. The van der Waals surface area contributed by atoms with Crippen molar-refractivity contribution in [3.05, 3.63) is 48.0 Å². The van der Waals surface area contributed by atoms with E-state index in [1.54, 1.807) is 6.08 Å². The summed E-state index contributed by atoms with van der Waals surface area (Å²) in [5, 5.41) is 18.5. The van der Waals surface area contributed by atoms with Gasteiger partial charge in [-0.05, 0) is 5.56 Å². The highest BCUT2D eigenvalue weighted by molar-refractivity contribution is 5.18. The van der Waals surface area contributed by atoms with Crippen molar-refractivity contribution in [2.24, 2.45) is 5.92 Å². The molecule has 2 nitrogen and oxygen atoms in total. The van der Waals surface area contributed by atoms with Crippen molar-refractivity contribution in [2.45, 2.75) is 13.0 Å². The predicted molar refractivity (Wildman–Crippen MR) is 56.8 cm³/mol. The molecule has 0 fully saturated rings. The molecule has 0 spiro atoms. The number of benzene rings is 1. The Balaban J connectivity index is 2.65. The van der Waals surface area contributed by atoms with E-state index in [9.17, 15) is 5.11 Å². The van der Waals surface area contributed by atoms with E-state index in [1.807, 2.05) is 43.3 Å². The van der Waals surface area contributed by atoms with Crippen LogP contribution in [-0.2, 0) is 0 Å². The van der Waals surface area contributed by atoms with Gasteiger partial charge in [-0.25, -0.2) is 0 Å². The summed E-state index contributed by atoms with van der Waals surface area (Å²) in [5.74, 6) is 0.0181. The first kappa shape index (κ1) is 11.0. The quantitative estimate of drug-likeness (QED) is 0.715. The van der Waals surface area contributed by atoms with E-state index in [0.717, 1.165) is 5.56 Å². The number of hydrogen-bond acceptors (Lipinski definition) is 2. The second-order valence-electron chi connectivity index (χ2n) is 3.33. The number of hydrogen-bond donors (Lipinski definition) is 2. The molecule has 0 aliphatic carbocycles. The SMILES string of the molecule is CC(C=CCO)C(O)c1ccccc1. The Morgan fingerprint density at radius 1 is 1.29 bits per heavy atom. The van der Waals surface area contributed by atoms with Crippen LogP contribution in [0.15, 0.2) is 42.5 Å². The minimum atomic E-state index is -0.501. The molecule has 0 heterocycles. The van der Waals surface area contributed by atoms with E-state index in [1.165, 1.54) is 0 Å². The maximum Gasteiger partial charge on any atom is 0.0849 e. The van der Waals surface area contributed by atoms with Crippen LogP contribution in [0.3, 0.4) is 0 Å². The zero-order valence-corrected chi connectivity index (χ0v) is 8.30. The highest BCUT2D eigenvalue weighted by Gasteiger charge is 2.12. The molecule has 2 unspecified atom stereocenters. The molecule has 0 saturated carbocycles. The van der Waals surface area contributed by atoms with Crippen LogP contribution in [0.5, 0.6) is 0 Å². The second-order valence-corrected chi connectivity index (χ2v) is 3.33. The molecule has 1 rings (SSSR count). The largest absolute Gasteiger partial charge is 0.392 e. The van der Waals surface area contributed by atoms with Crippen molar-refractivity contribution in [3.63, 3.8) is 0 Å². The molecule has 0 bridgehead atoms. The molecule has 0 aromatic heterocycles. The maximum atomic E-state index is 9.88. The lowest BCUT2D eigenvalue weighted by atomic mass is 9.97. The molecule has 0 saturated heterocycles. The van der Waals surface area contributed by atoms with Crippen molar-refractivity contribution >= 4 is 0 Å². The lowest BCUT2D eigenvalue weighted by Gasteiger charge is -2.15. The standard InChI is InChI=1S/C12H16O2/c1-10(6-5-9-13)12(14)11-7-3-2-4-8-11/h2-8,10,12-14H,9H2,1H3. The summed E-state index contributed by atoms with van der Waals surface area (Å²) in [6.07, 6.45) is 2.97. The van der Waals surface area contributed by atoms with Gasteiger partial charge in [-0.3, -0.25) is 0 Å². The van der Waals surface area contributed by atoms with Crippen LogP contribution in [0, 0.1) is 5.92 Å². The van der Waals surface area contributed by atoms with Crippen molar-refractivity contribution in [1.29, 1.82) is 0 Å². The van der Waals surface area contributed by atoms with Crippen molar-refractivity contribution in [3.8, 4) is 0 Å². The molecule has 0 aliphatic rings. The molecule has 14 heavy (non-hydrogen) atoms. The van der Waals surface area contributed by atoms with Crippen LogP contribution in [0.4, 0.5) is 0 Å². The van der Waals surface area contributed by atoms with E-state index in [-0.39, 0.29) is 12.5 Å². The minimum absolute atomic E-state index is 0.0181. The summed E-state index contributed by atoms with van der Waals surface area (Å²) in [6.45, 7) is 1.94. The molecule has 0 amide bonds. The first-order valence-electron chi connectivity index (χ1n) is 4.76. The fourth-order valence-electron chi connectivity index (χ4n) is 1.33. The Bertz CT molecular complexity index is 280. The van der Waals surface area contributed by atoms with Gasteiger partial charge < -0.3 is 10.2 Å². The number of rotatable bonds is 4. The van der Waals surface area contributed by atoms with Crippen molar-refractivity contribution < 1.29 is 10.2 Å². The summed E-state index contributed by atoms with van der Waals surface area (Å²) in [7, 11) is 0. The van der Waals surface area contributed by atoms with Gasteiger partial charge in [0.1, 0.15) is 0 Å². The Morgan fingerprint density at radius 3 is 2.50 bits per heavy atom. The van der Waals surface area contributed by atoms with E-state index in [0.29, 0.717) is 0 Å². The highest BCUT2D eigenvalue weighted by Crippen LogP contribution is 2.21. The van der Waals surface area contributed by atoms with Crippen LogP contribution >= 0.6 is 0 Å². The molecular formula is C12H16O2. The van der Waals surface area contributed by atoms with Gasteiger partial charge in [0.15, 0.2) is 0 Å². The molecule has 0 aliphatic heterocycles. The monoisotopic (exact) mass is 192 g/mol. The Morgan fingerprint density at radius 2 is 1.93 bits per heavy atom. The fourth-order valence-corrected chi connectivity index (χ4v) is 1.33. The van der Waals surface area contributed by atoms with Gasteiger partial charge in [-0.15, -0.1) is 0 Å². The summed E-state index contributed by atoms with van der Waals surface area (Å²) < 4.78 is 0.